The summed E-state index contributed by atoms with van der Waals surface area (Å²) in [7, 11) is 4.06. The molecule has 0 aromatic carbocycles. The Morgan fingerprint density at radius 3 is 2.19 bits per heavy atom. The quantitative estimate of drug-likeness (QED) is 0.544. The van der Waals surface area contributed by atoms with Crippen LogP contribution in [0.3, 0.4) is 0 Å². The lowest BCUT2D eigenvalue weighted by Gasteiger charge is -2.15. The third-order valence-corrected chi connectivity index (χ3v) is 4.30. The largest absolute Gasteiger partial charge is 0.317 e. The molecule has 122 valence electrons. The Morgan fingerprint density at radius 2 is 1.67 bits per heavy atom. The molecule has 0 saturated heterocycles. The lowest BCUT2D eigenvalue weighted by atomic mass is 10.0. The van der Waals surface area contributed by atoms with Crippen molar-refractivity contribution < 1.29 is 0 Å². The Morgan fingerprint density at radius 1 is 1.05 bits per heavy atom. The zero-order valence-electron chi connectivity index (χ0n) is 14.4. The minimum atomic E-state index is 0.596. The highest BCUT2D eigenvalue weighted by molar-refractivity contribution is 5.05. The average molecular weight is 293 g/mol. The van der Waals surface area contributed by atoms with Crippen molar-refractivity contribution in [3.05, 3.63) is 18.0 Å². The van der Waals surface area contributed by atoms with Crippen LogP contribution >= 0.6 is 0 Å². The molecule has 0 aliphatic rings. The predicted octanol–water partition coefficient (Wildman–Crippen LogP) is 4.47. The van der Waals surface area contributed by atoms with E-state index in [4.69, 9.17) is 0 Å². The molecule has 0 radical (unpaired) electrons. The summed E-state index contributed by atoms with van der Waals surface area (Å²) in [4.78, 5) is 0. The van der Waals surface area contributed by atoms with E-state index in [-0.39, 0.29) is 0 Å². The second kappa shape index (κ2) is 11.8. The van der Waals surface area contributed by atoms with Crippen molar-refractivity contribution in [1.29, 1.82) is 0 Å². The van der Waals surface area contributed by atoms with Crippen molar-refractivity contribution in [2.45, 2.75) is 83.6 Å². The summed E-state index contributed by atoms with van der Waals surface area (Å²) in [6.07, 6.45) is 19.1. The summed E-state index contributed by atoms with van der Waals surface area (Å²) in [6, 6.07) is 0.596. The highest BCUT2D eigenvalue weighted by Gasteiger charge is 2.08. The first-order valence-electron chi connectivity index (χ1n) is 8.91. The number of aromatic nitrogens is 2. The molecule has 0 aliphatic carbocycles. The third-order valence-electron chi connectivity index (χ3n) is 4.30. The number of rotatable bonds is 13. The predicted molar refractivity (Wildman–Crippen MR) is 91.6 cm³/mol. The maximum absolute atomic E-state index is 4.24. The standard InChI is InChI=1S/C18H35N3/c1-4-5-6-7-8-9-10-11-12-13-18(19-2)14-17-15-20-21(3)16-17/h15-16,18-19H,4-14H2,1-3H3. The number of nitrogens with one attached hydrogen (secondary N) is 1. The fourth-order valence-electron chi connectivity index (χ4n) is 2.91. The highest BCUT2D eigenvalue weighted by Crippen LogP contribution is 2.13. The van der Waals surface area contributed by atoms with E-state index in [1.54, 1.807) is 0 Å². The molecule has 0 spiro atoms. The lowest BCUT2D eigenvalue weighted by Crippen LogP contribution is -2.27. The van der Waals surface area contributed by atoms with E-state index in [1.165, 1.54) is 69.8 Å². The summed E-state index contributed by atoms with van der Waals surface area (Å²) >= 11 is 0. The van der Waals surface area contributed by atoms with E-state index in [1.807, 2.05) is 17.9 Å². The summed E-state index contributed by atoms with van der Waals surface area (Å²) in [6.45, 7) is 2.28. The zero-order valence-corrected chi connectivity index (χ0v) is 14.4. The minimum absolute atomic E-state index is 0.596. The van der Waals surface area contributed by atoms with Crippen LogP contribution < -0.4 is 5.32 Å². The van der Waals surface area contributed by atoms with Crippen LogP contribution in [0, 0.1) is 0 Å². The Balaban J connectivity index is 1.99. The molecule has 3 nitrogen and oxygen atoms in total. The molecule has 0 amide bonds. The molecule has 1 aromatic heterocycles. The van der Waals surface area contributed by atoms with Gasteiger partial charge in [-0.2, -0.15) is 5.10 Å². The van der Waals surface area contributed by atoms with Crippen molar-refractivity contribution in [2.24, 2.45) is 7.05 Å². The molecule has 21 heavy (non-hydrogen) atoms. The van der Waals surface area contributed by atoms with Gasteiger partial charge in [-0.3, -0.25) is 4.68 Å². The van der Waals surface area contributed by atoms with Gasteiger partial charge in [0.25, 0.3) is 0 Å². The fourth-order valence-corrected chi connectivity index (χ4v) is 2.91. The summed E-state index contributed by atoms with van der Waals surface area (Å²) in [5, 5.41) is 7.69. The van der Waals surface area contributed by atoms with E-state index < -0.39 is 0 Å². The van der Waals surface area contributed by atoms with Gasteiger partial charge >= 0.3 is 0 Å². The fraction of sp³-hybridized carbons (Fsp3) is 0.833. The normalized spacial score (nSPS) is 12.7. The van der Waals surface area contributed by atoms with Crippen LogP contribution in [0.25, 0.3) is 0 Å². The van der Waals surface area contributed by atoms with Crippen molar-refractivity contribution in [2.75, 3.05) is 7.05 Å². The molecular weight excluding hydrogens is 258 g/mol. The SMILES string of the molecule is CCCCCCCCCCCC(Cc1cnn(C)c1)NC. The molecule has 3 heteroatoms. The topological polar surface area (TPSA) is 29.9 Å². The van der Waals surface area contributed by atoms with Crippen molar-refractivity contribution in [1.82, 2.24) is 15.1 Å². The van der Waals surface area contributed by atoms with Gasteiger partial charge in [-0.1, -0.05) is 64.7 Å². The Hall–Kier alpha value is -0.830. The molecule has 1 rings (SSSR count). The second-order valence-electron chi connectivity index (χ2n) is 6.33. The first-order valence-corrected chi connectivity index (χ1v) is 8.91. The number of hydrogen-bond acceptors (Lipinski definition) is 2. The van der Waals surface area contributed by atoms with Gasteiger partial charge in [-0.05, 0) is 25.5 Å². The number of nitrogens with zero attached hydrogens (tertiary/aromatic N) is 2. The molecule has 1 atom stereocenters. The molecule has 1 heterocycles. The molecule has 0 aliphatic heterocycles. The summed E-state index contributed by atoms with van der Waals surface area (Å²) in [5.74, 6) is 0. The van der Waals surface area contributed by atoms with Crippen LogP contribution in [-0.4, -0.2) is 22.9 Å². The van der Waals surface area contributed by atoms with Gasteiger partial charge in [0.05, 0.1) is 6.20 Å². The van der Waals surface area contributed by atoms with E-state index in [9.17, 15) is 0 Å². The van der Waals surface area contributed by atoms with Crippen molar-refractivity contribution in [3.63, 3.8) is 0 Å². The lowest BCUT2D eigenvalue weighted by molar-refractivity contribution is 0.477. The Bertz CT molecular complexity index is 346. The highest BCUT2D eigenvalue weighted by atomic mass is 15.2. The summed E-state index contributed by atoms with van der Waals surface area (Å²) in [5.41, 5.74) is 1.34. The van der Waals surface area contributed by atoms with Gasteiger partial charge in [0, 0.05) is 19.3 Å². The average Bonchev–Trinajstić information content (AvgIpc) is 2.89. The monoisotopic (exact) mass is 293 g/mol. The number of likely N-dealkylation sites (N-methyl/N-ethyl adjacent to an activating group) is 1. The van der Waals surface area contributed by atoms with Crippen LogP contribution in [0.5, 0.6) is 0 Å². The number of hydrogen-bond donors (Lipinski definition) is 1. The molecule has 1 unspecified atom stereocenters. The van der Waals surface area contributed by atoms with Crippen molar-refractivity contribution in [3.8, 4) is 0 Å². The molecular formula is C18H35N3. The van der Waals surface area contributed by atoms with Crippen LogP contribution in [-0.2, 0) is 13.5 Å². The van der Waals surface area contributed by atoms with Gasteiger partial charge in [0.1, 0.15) is 0 Å². The van der Waals surface area contributed by atoms with E-state index in [2.05, 4.69) is 30.6 Å². The van der Waals surface area contributed by atoms with Crippen LogP contribution in [0.4, 0.5) is 0 Å². The smallest absolute Gasteiger partial charge is 0.0522 e. The van der Waals surface area contributed by atoms with Gasteiger partial charge in [-0.15, -0.1) is 0 Å². The van der Waals surface area contributed by atoms with Gasteiger partial charge in [-0.25, -0.2) is 0 Å². The Labute approximate surface area is 131 Å². The van der Waals surface area contributed by atoms with E-state index in [0.717, 1.165) is 6.42 Å². The van der Waals surface area contributed by atoms with Crippen LogP contribution in [0.1, 0.15) is 76.7 Å². The number of aryl methyl sites for hydroxylation is 1. The first-order chi connectivity index (χ1) is 10.3. The van der Waals surface area contributed by atoms with Crippen LogP contribution in [0.2, 0.25) is 0 Å². The molecule has 0 bridgehead atoms. The third kappa shape index (κ3) is 8.92. The van der Waals surface area contributed by atoms with Gasteiger partial charge < -0.3 is 5.32 Å². The second-order valence-corrected chi connectivity index (χ2v) is 6.33. The van der Waals surface area contributed by atoms with Crippen LogP contribution in [0.15, 0.2) is 12.4 Å². The minimum Gasteiger partial charge on any atom is -0.317 e. The molecule has 0 fully saturated rings. The molecule has 1 N–H and O–H groups in total. The van der Waals surface area contributed by atoms with Gasteiger partial charge in [0.15, 0.2) is 0 Å². The zero-order chi connectivity index (χ0) is 15.3. The van der Waals surface area contributed by atoms with E-state index >= 15 is 0 Å². The van der Waals surface area contributed by atoms with Crippen molar-refractivity contribution >= 4 is 0 Å². The van der Waals surface area contributed by atoms with E-state index in [0.29, 0.717) is 6.04 Å². The summed E-state index contributed by atoms with van der Waals surface area (Å²) < 4.78 is 1.89. The first kappa shape index (κ1) is 18.2. The molecule has 0 saturated carbocycles. The maximum Gasteiger partial charge on any atom is 0.0522 e. The number of unbranched alkanes of at least 4 members (excludes halogenated alkanes) is 8. The van der Waals surface area contributed by atoms with Gasteiger partial charge in [0.2, 0.25) is 0 Å². The Kier molecular flexibility index (Phi) is 10.2. The molecule has 1 aromatic rings. The maximum atomic E-state index is 4.24.